The fourth-order valence-corrected chi connectivity index (χ4v) is 1.56. The van der Waals surface area contributed by atoms with Gasteiger partial charge in [-0.1, -0.05) is 11.6 Å². The molecular formula is C11H19BClF5N2O2. The van der Waals surface area contributed by atoms with Crippen molar-refractivity contribution in [3.8, 4) is 0 Å². The largest absolute Gasteiger partial charge is 1.00 e. The standard InChI is InChI=1S/C11H19ClFN2O2.BF3.FH/c1-6-17-11(16)8(7-14(2)3)9(10(12)13)15(4)5;2-1(3)4;/h7,10H,6H2,1-5H3;;1H/q+1;;/p-1. The average Bonchev–Trinajstić information content (AvgIpc) is 2.25. The highest BCUT2D eigenvalue weighted by molar-refractivity contribution is 6.33. The van der Waals surface area contributed by atoms with Crippen LogP contribution in [0, 0.1) is 0 Å². The molecule has 0 rings (SSSR count). The van der Waals surface area contributed by atoms with Crippen molar-refractivity contribution in [3.05, 3.63) is 11.3 Å². The zero-order chi connectivity index (χ0) is 17.2. The minimum atomic E-state index is -3.67. The molecule has 4 nitrogen and oxygen atoms in total. The van der Waals surface area contributed by atoms with Crippen molar-refractivity contribution in [2.45, 2.75) is 12.6 Å². The quantitative estimate of drug-likeness (QED) is 0.123. The number of carbonyl (C=O) groups excluding carboxylic acids is 1. The van der Waals surface area contributed by atoms with E-state index in [4.69, 9.17) is 16.3 Å². The summed E-state index contributed by atoms with van der Waals surface area (Å²) in [6.07, 6.45) is 1.49. The van der Waals surface area contributed by atoms with Crippen LogP contribution in [0.4, 0.5) is 17.3 Å². The summed E-state index contributed by atoms with van der Waals surface area (Å²) in [5.41, 5.74) is -1.57. The van der Waals surface area contributed by atoms with Crippen LogP contribution in [0.3, 0.4) is 0 Å². The van der Waals surface area contributed by atoms with E-state index in [1.165, 1.54) is 11.1 Å². The first-order valence-corrected chi connectivity index (χ1v) is 6.28. The summed E-state index contributed by atoms with van der Waals surface area (Å²) in [6.45, 7) is 1.91. The second kappa shape index (κ2) is 13.4. The van der Waals surface area contributed by atoms with Gasteiger partial charge in [0.15, 0.2) is 6.21 Å². The van der Waals surface area contributed by atoms with Gasteiger partial charge in [0.1, 0.15) is 19.7 Å². The van der Waals surface area contributed by atoms with Crippen LogP contribution in [0.5, 0.6) is 0 Å². The summed E-state index contributed by atoms with van der Waals surface area (Å²) in [7, 11) is 3.03. The average molecular weight is 353 g/mol. The van der Waals surface area contributed by atoms with Crippen LogP contribution in [0.25, 0.3) is 0 Å². The number of allylic oxidation sites excluding steroid dienone is 1. The molecule has 0 aromatic rings. The van der Waals surface area contributed by atoms with Gasteiger partial charge >= 0.3 is 13.5 Å². The number of esters is 1. The summed E-state index contributed by atoms with van der Waals surface area (Å²) in [4.78, 5) is 13.2. The minimum absolute atomic E-state index is 0. The normalized spacial score (nSPS) is 11.7. The summed E-state index contributed by atoms with van der Waals surface area (Å²) >= 11 is 5.45. The molecule has 0 saturated heterocycles. The van der Waals surface area contributed by atoms with Crippen LogP contribution < -0.4 is 4.70 Å². The van der Waals surface area contributed by atoms with E-state index < -0.39 is 19.1 Å². The Hall–Kier alpha value is -1.32. The first-order valence-electron chi connectivity index (χ1n) is 5.84. The Morgan fingerprint density at radius 1 is 1.36 bits per heavy atom. The predicted octanol–water partition coefficient (Wildman–Crippen LogP) is -0.874. The lowest BCUT2D eigenvalue weighted by atomic mass is 10.2. The Kier molecular flexibility index (Phi) is 15.6. The number of alkyl halides is 2. The molecule has 0 aliphatic heterocycles. The third-order valence-electron chi connectivity index (χ3n) is 1.85. The van der Waals surface area contributed by atoms with Crippen molar-refractivity contribution >= 4 is 31.3 Å². The maximum atomic E-state index is 13.3. The molecule has 0 spiro atoms. The lowest BCUT2D eigenvalue weighted by Crippen LogP contribution is -3.00. The maximum absolute atomic E-state index is 13.3. The van der Waals surface area contributed by atoms with E-state index >= 15 is 0 Å². The number of hydrogen-bond donors (Lipinski definition) is 0. The first kappa shape index (κ1) is 25.6. The number of nitrogens with zero attached hydrogens (tertiary/aromatic N) is 2. The zero-order valence-electron chi connectivity index (χ0n) is 12.9. The van der Waals surface area contributed by atoms with E-state index in [0.29, 0.717) is 0 Å². The molecule has 0 N–H and O–H groups in total. The molecule has 1 atom stereocenters. The highest BCUT2D eigenvalue weighted by Crippen LogP contribution is 2.18. The van der Waals surface area contributed by atoms with E-state index in [1.54, 1.807) is 39.7 Å². The van der Waals surface area contributed by atoms with Crippen molar-refractivity contribution in [1.29, 1.82) is 0 Å². The number of hydrogen-bond acceptors (Lipinski definition) is 3. The molecule has 0 bridgehead atoms. The molecule has 0 saturated carbocycles. The zero-order valence-corrected chi connectivity index (χ0v) is 13.7. The van der Waals surface area contributed by atoms with Crippen LogP contribution in [0.2, 0.25) is 0 Å². The summed E-state index contributed by atoms with van der Waals surface area (Å²) in [5, 5.41) is 0. The van der Waals surface area contributed by atoms with Crippen LogP contribution in [0.15, 0.2) is 11.3 Å². The van der Waals surface area contributed by atoms with Gasteiger partial charge in [-0.15, -0.1) is 0 Å². The number of ether oxygens (including phenoxy) is 1. The number of carbonyl (C=O) groups is 1. The van der Waals surface area contributed by atoms with Crippen molar-refractivity contribution in [2.75, 3.05) is 34.8 Å². The molecule has 0 amide bonds. The van der Waals surface area contributed by atoms with Gasteiger partial charge in [-0.3, -0.25) is 12.9 Å². The second-order valence-corrected chi connectivity index (χ2v) is 4.44. The molecule has 0 radical (unpaired) electrons. The fourth-order valence-electron chi connectivity index (χ4n) is 1.24. The molecule has 0 fully saturated rings. The number of halogens is 6. The van der Waals surface area contributed by atoms with Crippen molar-refractivity contribution in [2.24, 2.45) is 0 Å². The first-order chi connectivity index (χ1) is 9.54. The highest BCUT2D eigenvalue weighted by Gasteiger charge is 2.24. The van der Waals surface area contributed by atoms with Crippen LogP contribution in [-0.4, -0.2) is 69.6 Å². The van der Waals surface area contributed by atoms with E-state index in [2.05, 4.69) is 0 Å². The molecule has 22 heavy (non-hydrogen) atoms. The van der Waals surface area contributed by atoms with Gasteiger partial charge in [-0.2, -0.15) is 0 Å². The maximum Gasteiger partial charge on any atom is 0.762 e. The van der Waals surface area contributed by atoms with Crippen LogP contribution in [-0.2, 0) is 9.53 Å². The fraction of sp³-hybridized carbons (Fsp3) is 0.636. The Balaban J connectivity index is -0.000000640. The third-order valence-corrected chi connectivity index (χ3v) is 2.05. The van der Waals surface area contributed by atoms with Gasteiger partial charge in [0.2, 0.25) is 5.63 Å². The van der Waals surface area contributed by atoms with Gasteiger partial charge in [-0.25, -0.2) is 13.8 Å². The Labute approximate surface area is 132 Å². The number of rotatable bonds is 5. The van der Waals surface area contributed by atoms with Crippen molar-refractivity contribution in [1.82, 2.24) is 4.90 Å². The summed E-state index contributed by atoms with van der Waals surface area (Å²) < 4.78 is 48.9. The predicted molar refractivity (Wildman–Crippen MR) is 75.3 cm³/mol. The molecule has 0 aliphatic carbocycles. The molecule has 130 valence electrons. The SMILES string of the molecule is CCOC(=O)C(C=[N+](C)C)=C(C(F)Cl)N(C)C.FB(F)F.[F-]. The third kappa shape index (κ3) is 12.4. The molecule has 0 aromatic heterocycles. The van der Waals surface area contributed by atoms with E-state index in [9.17, 15) is 22.1 Å². The molecule has 0 aromatic carbocycles. The van der Waals surface area contributed by atoms with E-state index in [0.717, 1.165) is 0 Å². The molecule has 0 heterocycles. The van der Waals surface area contributed by atoms with E-state index in [-0.39, 0.29) is 22.6 Å². The highest BCUT2D eigenvalue weighted by atomic mass is 35.5. The van der Waals surface area contributed by atoms with Gasteiger partial charge in [0.05, 0.1) is 12.3 Å². The van der Waals surface area contributed by atoms with Crippen LogP contribution in [0.1, 0.15) is 6.92 Å². The Bertz CT molecular complexity index is 376. The second-order valence-electron chi connectivity index (χ2n) is 4.05. The topological polar surface area (TPSA) is 32.6 Å². The molecule has 1 unspecified atom stereocenters. The smallest absolute Gasteiger partial charge is 0.762 e. The van der Waals surface area contributed by atoms with Crippen molar-refractivity contribution < 1.29 is 36.1 Å². The van der Waals surface area contributed by atoms with Crippen LogP contribution >= 0.6 is 11.6 Å². The van der Waals surface area contributed by atoms with Crippen molar-refractivity contribution in [3.63, 3.8) is 0 Å². The lowest BCUT2D eigenvalue weighted by Gasteiger charge is -2.19. The summed E-state index contributed by atoms with van der Waals surface area (Å²) in [5.74, 6) is -0.590. The van der Waals surface area contributed by atoms with Gasteiger partial charge in [0.25, 0.3) is 0 Å². The minimum Gasteiger partial charge on any atom is -1.00 e. The monoisotopic (exact) mass is 352 g/mol. The van der Waals surface area contributed by atoms with E-state index in [1.807, 2.05) is 0 Å². The molecular weight excluding hydrogens is 333 g/mol. The lowest BCUT2D eigenvalue weighted by molar-refractivity contribution is -0.458. The Morgan fingerprint density at radius 2 is 1.77 bits per heavy atom. The Morgan fingerprint density at radius 3 is 2.00 bits per heavy atom. The van der Waals surface area contributed by atoms with Gasteiger partial charge in [-0.05, 0) is 6.92 Å². The van der Waals surface area contributed by atoms with Gasteiger partial charge in [0, 0.05) is 14.1 Å². The summed E-state index contributed by atoms with van der Waals surface area (Å²) in [6, 6.07) is 0. The molecule has 11 heteroatoms. The molecule has 0 aliphatic rings. The van der Waals surface area contributed by atoms with Gasteiger partial charge < -0.3 is 14.3 Å².